The lowest BCUT2D eigenvalue weighted by Crippen LogP contribution is -2.02. The summed E-state index contributed by atoms with van der Waals surface area (Å²) >= 11 is 9.47. The molecule has 2 rings (SSSR count). The lowest BCUT2D eigenvalue weighted by Gasteiger charge is -2.00. The molecule has 0 aliphatic heterocycles. The van der Waals surface area contributed by atoms with Crippen LogP contribution in [-0.4, -0.2) is 11.5 Å². The highest BCUT2D eigenvalue weighted by Gasteiger charge is 2.09. The smallest absolute Gasteiger partial charge is 0.196 e. The van der Waals surface area contributed by atoms with E-state index in [1.165, 1.54) is 0 Å². The molecule has 2 N–H and O–H groups in total. The Labute approximate surface area is 107 Å². The number of rotatable bonds is 3. The molecular formula is C11H10BrClN2O. The summed E-state index contributed by atoms with van der Waals surface area (Å²) in [5, 5.41) is 0.638. The molecule has 0 saturated heterocycles. The van der Waals surface area contributed by atoms with Crippen LogP contribution in [0.2, 0.25) is 5.02 Å². The van der Waals surface area contributed by atoms with Gasteiger partial charge < -0.3 is 10.2 Å². The molecule has 0 fully saturated rings. The van der Waals surface area contributed by atoms with E-state index in [1.807, 2.05) is 18.2 Å². The summed E-state index contributed by atoms with van der Waals surface area (Å²) in [6.07, 6.45) is 2.30. The summed E-state index contributed by atoms with van der Waals surface area (Å²) in [6, 6.07) is 5.59. The number of hydrogen-bond acceptors (Lipinski definition) is 3. The first kappa shape index (κ1) is 11.6. The zero-order chi connectivity index (χ0) is 11.5. The van der Waals surface area contributed by atoms with Gasteiger partial charge >= 0.3 is 0 Å². The maximum atomic E-state index is 6.08. The van der Waals surface area contributed by atoms with E-state index in [4.69, 9.17) is 21.8 Å². The van der Waals surface area contributed by atoms with E-state index in [9.17, 15) is 0 Å². The van der Waals surface area contributed by atoms with Crippen LogP contribution in [0.15, 0.2) is 33.3 Å². The second kappa shape index (κ2) is 4.99. The summed E-state index contributed by atoms with van der Waals surface area (Å²) in [5.74, 6) is 1.29. The minimum Gasteiger partial charge on any atom is -0.441 e. The largest absolute Gasteiger partial charge is 0.441 e. The predicted molar refractivity (Wildman–Crippen MR) is 67.4 cm³/mol. The topological polar surface area (TPSA) is 52.0 Å². The summed E-state index contributed by atoms with van der Waals surface area (Å²) < 4.78 is 6.50. The highest BCUT2D eigenvalue weighted by molar-refractivity contribution is 9.10. The van der Waals surface area contributed by atoms with Crippen LogP contribution in [0.4, 0.5) is 0 Å². The van der Waals surface area contributed by atoms with Gasteiger partial charge in [0.25, 0.3) is 0 Å². The first-order valence-electron chi connectivity index (χ1n) is 4.81. The Balaban J connectivity index is 2.38. The standard InChI is InChI=1S/C11H10BrClN2O/c12-7-1-2-9(13)8(5-7)10-6-15-11(16-10)3-4-14/h1-2,5-6H,3-4,14H2. The van der Waals surface area contributed by atoms with Gasteiger partial charge in [0, 0.05) is 23.0 Å². The number of oxazole rings is 1. The van der Waals surface area contributed by atoms with E-state index in [0.29, 0.717) is 29.6 Å². The maximum absolute atomic E-state index is 6.08. The van der Waals surface area contributed by atoms with E-state index in [0.717, 1.165) is 10.0 Å². The molecule has 0 unspecified atom stereocenters. The van der Waals surface area contributed by atoms with Crippen LogP contribution in [0, 0.1) is 0 Å². The van der Waals surface area contributed by atoms with Crippen molar-refractivity contribution >= 4 is 27.5 Å². The normalized spacial score (nSPS) is 10.7. The summed E-state index contributed by atoms with van der Waals surface area (Å²) in [6.45, 7) is 0.520. The van der Waals surface area contributed by atoms with E-state index >= 15 is 0 Å². The highest BCUT2D eigenvalue weighted by Crippen LogP contribution is 2.31. The van der Waals surface area contributed by atoms with Crippen molar-refractivity contribution in [1.29, 1.82) is 0 Å². The van der Waals surface area contributed by atoms with Crippen molar-refractivity contribution in [2.24, 2.45) is 5.73 Å². The molecule has 1 heterocycles. The Morgan fingerprint density at radius 2 is 2.25 bits per heavy atom. The Hall–Kier alpha value is -0.840. The molecule has 0 spiro atoms. The summed E-state index contributed by atoms with van der Waals surface area (Å²) in [5.41, 5.74) is 6.25. The molecule has 5 heteroatoms. The van der Waals surface area contributed by atoms with Crippen molar-refractivity contribution in [2.75, 3.05) is 6.54 Å². The Morgan fingerprint density at radius 1 is 1.44 bits per heavy atom. The average molecular weight is 302 g/mol. The summed E-state index contributed by atoms with van der Waals surface area (Å²) in [7, 11) is 0. The quantitative estimate of drug-likeness (QED) is 0.946. The third-order valence-electron chi connectivity index (χ3n) is 2.11. The van der Waals surface area contributed by atoms with Crippen molar-refractivity contribution in [3.05, 3.63) is 39.8 Å². The van der Waals surface area contributed by atoms with E-state index in [2.05, 4.69) is 20.9 Å². The van der Waals surface area contributed by atoms with Crippen molar-refractivity contribution in [2.45, 2.75) is 6.42 Å². The van der Waals surface area contributed by atoms with Gasteiger partial charge in [-0.1, -0.05) is 27.5 Å². The minimum absolute atomic E-state index is 0.520. The van der Waals surface area contributed by atoms with Gasteiger partial charge in [0.15, 0.2) is 11.7 Å². The molecule has 1 aromatic carbocycles. The van der Waals surface area contributed by atoms with Gasteiger partial charge in [-0.05, 0) is 18.2 Å². The van der Waals surface area contributed by atoms with Gasteiger partial charge in [0.2, 0.25) is 0 Å². The molecule has 0 saturated carbocycles. The SMILES string of the molecule is NCCc1ncc(-c2cc(Br)ccc2Cl)o1. The molecule has 0 atom stereocenters. The molecule has 0 amide bonds. The fraction of sp³-hybridized carbons (Fsp3) is 0.182. The number of halogens is 2. The Kier molecular flexibility index (Phi) is 3.63. The van der Waals surface area contributed by atoms with Gasteiger partial charge in [-0.25, -0.2) is 4.98 Å². The number of nitrogens with zero attached hydrogens (tertiary/aromatic N) is 1. The van der Waals surface area contributed by atoms with Crippen molar-refractivity contribution in [3.63, 3.8) is 0 Å². The molecule has 0 aliphatic rings. The predicted octanol–water partition coefficient (Wildman–Crippen LogP) is 3.26. The van der Waals surface area contributed by atoms with Gasteiger partial charge in [0.05, 0.1) is 11.2 Å². The van der Waals surface area contributed by atoms with Gasteiger partial charge in [-0.3, -0.25) is 0 Å². The number of benzene rings is 1. The van der Waals surface area contributed by atoms with E-state index in [1.54, 1.807) is 6.20 Å². The van der Waals surface area contributed by atoms with Gasteiger partial charge in [-0.15, -0.1) is 0 Å². The van der Waals surface area contributed by atoms with Crippen LogP contribution < -0.4 is 5.73 Å². The van der Waals surface area contributed by atoms with Crippen LogP contribution >= 0.6 is 27.5 Å². The summed E-state index contributed by atoms with van der Waals surface area (Å²) in [4.78, 5) is 4.13. The molecule has 0 aliphatic carbocycles. The first-order chi connectivity index (χ1) is 7.70. The zero-order valence-electron chi connectivity index (χ0n) is 8.41. The number of hydrogen-bond donors (Lipinski definition) is 1. The fourth-order valence-corrected chi connectivity index (χ4v) is 1.93. The molecule has 2 aromatic rings. The van der Waals surface area contributed by atoms with Crippen molar-refractivity contribution in [3.8, 4) is 11.3 Å². The van der Waals surface area contributed by atoms with Crippen LogP contribution in [0.3, 0.4) is 0 Å². The number of nitrogens with two attached hydrogens (primary N) is 1. The highest BCUT2D eigenvalue weighted by atomic mass is 79.9. The van der Waals surface area contributed by atoms with E-state index in [-0.39, 0.29) is 0 Å². The van der Waals surface area contributed by atoms with Crippen LogP contribution in [-0.2, 0) is 6.42 Å². The lowest BCUT2D eigenvalue weighted by atomic mass is 10.2. The second-order valence-electron chi connectivity index (χ2n) is 3.28. The molecule has 3 nitrogen and oxygen atoms in total. The third-order valence-corrected chi connectivity index (χ3v) is 2.93. The van der Waals surface area contributed by atoms with Crippen LogP contribution in [0.25, 0.3) is 11.3 Å². The monoisotopic (exact) mass is 300 g/mol. The molecule has 84 valence electrons. The average Bonchev–Trinajstić information content (AvgIpc) is 2.71. The molecule has 16 heavy (non-hydrogen) atoms. The van der Waals surface area contributed by atoms with Crippen LogP contribution in [0.5, 0.6) is 0 Å². The van der Waals surface area contributed by atoms with Crippen LogP contribution in [0.1, 0.15) is 5.89 Å². The van der Waals surface area contributed by atoms with Gasteiger partial charge in [0.1, 0.15) is 0 Å². The minimum atomic E-state index is 0.520. The van der Waals surface area contributed by atoms with Crippen molar-refractivity contribution < 1.29 is 4.42 Å². The molecule has 0 bridgehead atoms. The molecule has 1 aromatic heterocycles. The molecule has 0 radical (unpaired) electrons. The first-order valence-corrected chi connectivity index (χ1v) is 5.98. The lowest BCUT2D eigenvalue weighted by molar-refractivity contribution is 0.508. The third kappa shape index (κ3) is 2.45. The Bertz CT molecular complexity index is 498. The van der Waals surface area contributed by atoms with Gasteiger partial charge in [-0.2, -0.15) is 0 Å². The Morgan fingerprint density at radius 3 is 3.00 bits per heavy atom. The maximum Gasteiger partial charge on any atom is 0.196 e. The molecular weight excluding hydrogens is 291 g/mol. The zero-order valence-corrected chi connectivity index (χ0v) is 10.8. The fourth-order valence-electron chi connectivity index (χ4n) is 1.36. The second-order valence-corrected chi connectivity index (χ2v) is 4.60. The number of aromatic nitrogens is 1. The van der Waals surface area contributed by atoms with E-state index < -0.39 is 0 Å². The van der Waals surface area contributed by atoms with Crippen molar-refractivity contribution in [1.82, 2.24) is 4.98 Å².